The molecule has 2 aromatic rings. The fourth-order valence-electron chi connectivity index (χ4n) is 1.94. The highest BCUT2D eigenvalue weighted by molar-refractivity contribution is 6.30. The molecule has 2 aromatic carbocycles. The van der Waals surface area contributed by atoms with Gasteiger partial charge in [0.1, 0.15) is 11.8 Å². The van der Waals surface area contributed by atoms with E-state index < -0.39 is 0 Å². The number of nitriles is 1. The summed E-state index contributed by atoms with van der Waals surface area (Å²) in [5.41, 5.74) is 2.43. The Morgan fingerprint density at radius 3 is 2.50 bits per heavy atom. The molecule has 0 heterocycles. The molecule has 0 radical (unpaired) electrons. The van der Waals surface area contributed by atoms with Crippen molar-refractivity contribution in [2.24, 2.45) is 0 Å². The average Bonchev–Trinajstić information content (AvgIpc) is 2.49. The van der Waals surface area contributed by atoms with E-state index in [0.29, 0.717) is 10.6 Å². The van der Waals surface area contributed by atoms with Gasteiger partial charge in [0.15, 0.2) is 0 Å². The van der Waals surface area contributed by atoms with Crippen LogP contribution in [0.1, 0.15) is 24.1 Å². The lowest BCUT2D eigenvalue weighted by Gasteiger charge is -2.17. The number of rotatable bonds is 4. The van der Waals surface area contributed by atoms with Crippen LogP contribution in [0.2, 0.25) is 5.02 Å². The second-order valence-corrected chi connectivity index (χ2v) is 4.88. The summed E-state index contributed by atoms with van der Waals surface area (Å²) in [5, 5.41) is 13.0. The lowest BCUT2D eigenvalue weighted by atomic mass is 10.1. The SMILES string of the molecule is COc1ccc(C(C)Nc2ccc(Cl)cc2C#N)cc1. The normalized spacial score (nSPS) is 11.5. The van der Waals surface area contributed by atoms with Crippen LogP contribution in [0, 0.1) is 11.3 Å². The molecule has 0 fully saturated rings. The summed E-state index contributed by atoms with van der Waals surface area (Å²) in [4.78, 5) is 0. The Hall–Kier alpha value is -2.18. The van der Waals surface area contributed by atoms with Crippen molar-refractivity contribution in [3.8, 4) is 11.8 Å². The molecule has 0 aliphatic rings. The van der Waals surface area contributed by atoms with Crippen molar-refractivity contribution in [1.82, 2.24) is 0 Å². The van der Waals surface area contributed by atoms with E-state index >= 15 is 0 Å². The average molecular weight is 287 g/mol. The van der Waals surface area contributed by atoms with Crippen LogP contribution in [0.5, 0.6) is 5.75 Å². The second kappa shape index (κ2) is 6.31. The molecule has 1 N–H and O–H groups in total. The lowest BCUT2D eigenvalue weighted by molar-refractivity contribution is 0.414. The van der Waals surface area contributed by atoms with Crippen molar-refractivity contribution < 1.29 is 4.74 Å². The summed E-state index contributed by atoms with van der Waals surface area (Å²) in [6.45, 7) is 2.04. The number of anilines is 1. The maximum absolute atomic E-state index is 9.13. The number of halogens is 1. The first kappa shape index (κ1) is 14.2. The molecule has 0 spiro atoms. The zero-order valence-corrected chi connectivity index (χ0v) is 12.1. The van der Waals surface area contributed by atoms with Crippen LogP contribution in [0.3, 0.4) is 0 Å². The van der Waals surface area contributed by atoms with E-state index in [2.05, 4.69) is 11.4 Å². The van der Waals surface area contributed by atoms with Crippen molar-refractivity contribution >= 4 is 17.3 Å². The van der Waals surface area contributed by atoms with Gasteiger partial charge in [-0.25, -0.2) is 0 Å². The van der Waals surface area contributed by atoms with Gasteiger partial charge in [0.25, 0.3) is 0 Å². The van der Waals surface area contributed by atoms with Gasteiger partial charge < -0.3 is 10.1 Å². The van der Waals surface area contributed by atoms with Gasteiger partial charge >= 0.3 is 0 Å². The maximum atomic E-state index is 9.13. The molecule has 1 atom stereocenters. The van der Waals surface area contributed by atoms with Gasteiger partial charge in [0.05, 0.1) is 18.4 Å². The number of hydrogen-bond acceptors (Lipinski definition) is 3. The first-order valence-corrected chi connectivity index (χ1v) is 6.62. The van der Waals surface area contributed by atoms with Crippen LogP contribution in [0.25, 0.3) is 0 Å². The van der Waals surface area contributed by atoms with Crippen LogP contribution < -0.4 is 10.1 Å². The van der Waals surface area contributed by atoms with Gasteiger partial charge in [-0.2, -0.15) is 5.26 Å². The Morgan fingerprint density at radius 1 is 1.20 bits per heavy atom. The molecule has 4 heteroatoms. The van der Waals surface area contributed by atoms with Gasteiger partial charge in [-0.3, -0.25) is 0 Å². The van der Waals surface area contributed by atoms with E-state index in [-0.39, 0.29) is 6.04 Å². The molecule has 102 valence electrons. The zero-order valence-electron chi connectivity index (χ0n) is 11.4. The highest BCUT2D eigenvalue weighted by Gasteiger charge is 2.09. The monoisotopic (exact) mass is 286 g/mol. The van der Waals surface area contributed by atoms with Gasteiger partial charge in [-0.1, -0.05) is 23.7 Å². The van der Waals surface area contributed by atoms with E-state index in [0.717, 1.165) is 17.0 Å². The van der Waals surface area contributed by atoms with Gasteiger partial charge in [0, 0.05) is 11.1 Å². The summed E-state index contributed by atoms with van der Waals surface area (Å²) in [6.07, 6.45) is 0. The third-order valence-electron chi connectivity index (χ3n) is 3.09. The quantitative estimate of drug-likeness (QED) is 0.906. The summed E-state index contributed by atoms with van der Waals surface area (Å²) in [5.74, 6) is 0.824. The predicted molar refractivity (Wildman–Crippen MR) is 81.2 cm³/mol. The Morgan fingerprint density at radius 2 is 1.90 bits per heavy atom. The van der Waals surface area contributed by atoms with Crippen LogP contribution >= 0.6 is 11.6 Å². The Labute approximate surface area is 123 Å². The Balaban J connectivity index is 2.18. The van der Waals surface area contributed by atoms with Crippen LogP contribution in [0.4, 0.5) is 5.69 Å². The van der Waals surface area contributed by atoms with Crippen LogP contribution in [0.15, 0.2) is 42.5 Å². The fourth-order valence-corrected chi connectivity index (χ4v) is 2.12. The smallest absolute Gasteiger partial charge is 0.118 e. The molecule has 0 amide bonds. The summed E-state index contributed by atoms with van der Waals surface area (Å²) in [7, 11) is 1.64. The topological polar surface area (TPSA) is 45.0 Å². The molecule has 20 heavy (non-hydrogen) atoms. The van der Waals surface area contributed by atoms with Crippen molar-refractivity contribution in [2.75, 3.05) is 12.4 Å². The third-order valence-corrected chi connectivity index (χ3v) is 3.32. The molecule has 2 rings (SSSR count). The van der Waals surface area contributed by atoms with Crippen LogP contribution in [-0.2, 0) is 0 Å². The summed E-state index contributed by atoms with van der Waals surface area (Å²) in [6, 6.07) is 15.3. The predicted octanol–water partition coefficient (Wildman–Crippen LogP) is 4.39. The minimum atomic E-state index is 0.0779. The van der Waals surface area contributed by atoms with Gasteiger partial charge in [-0.05, 0) is 42.8 Å². The molecular weight excluding hydrogens is 272 g/mol. The van der Waals surface area contributed by atoms with Crippen molar-refractivity contribution in [3.05, 3.63) is 58.6 Å². The molecule has 3 nitrogen and oxygen atoms in total. The van der Waals surface area contributed by atoms with Crippen LogP contribution in [-0.4, -0.2) is 7.11 Å². The number of nitrogens with zero attached hydrogens (tertiary/aromatic N) is 1. The standard InChI is InChI=1S/C16H15ClN2O/c1-11(12-3-6-15(20-2)7-4-12)19-16-8-5-14(17)9-13(16)10-18/h3-9,11,19H,1-2H3. The zero-order chi connectivity index (χ0) is 14.5. The second-order valence-electron chi connectivity index (χ2n) is 4.44. The first-order valence-electron chi connectivity index (χ1n) is 6.24. The number of hydrogen-bond donors (Lipinski definition) is 1. The number of benzene rings is 2. The Bertz CT molecular complexity index is 632. The van der Waals surface area contributed by atoms with Crippen molar-refractivity contribution in [2.45, 2.75) is 13.0 Å². The molecule has 1 unspecified atom stereocenters. The molecule has 0 saturated heterocycles. The van der Waals surface area contributed by atoms with E-state index in [4.69, 9.17) is 21.6 Å². The Kier molecular flexibility index (Phi) is 4.49. The molecule has 0 aliphatic heterocycles. The fraction of sp³-hybridized carbons (Fsp3) is 0.188. The highest BCUT2D eigenvalue weighted by atomic mass is 35.5. The first-order chi connectivity index (χ1) is 9.63. The van der Waals surface area contributed by atoms with Crippen molar-refractivity contribution in [1.29, 1.82) is 5.26 Å². The minimum Gasteiger partial charge on any atom is -0.497 e. The molecular formula is C16H15ClN2O. The molecule has 0 bridgehead atoms. The number of nitrogens with one attached hydrogen (secondary N) is 1. The lowest BCUT2D eigenvalue weighted by Crippen LogP contribution is -2.07. The van der Waals surface area contributed by atoms with Gasteiger partial charge in [0.2, 0.25) is 0 Å². The van der Waals surface area contributed by atoms with Gasteiger partial charge in [-0.15, -0.1) is 0 Å². The molecule has 0 aliphatic carbocycles. The van der Waals surface area contributed by atoms with E-state index in [9.17, 15) is 0 Å². The minimum absolute atomic E-state index is 0.0779. The number of ether oxygens (including phenoxy) is 1. The largest absolute Gasteiger partial charge is 0.497 e. The maximum Gasteiger partial charge on any atom is 0.118 e. The summed E-state index contributed by atoms with van der Waals surface area (Å²) < 4.78 is 5.14. The summed E-state index contributed by atoms with van der Waals surface area (Å²) >= 11 is 5.89. The molecule has 0 aromatic heterocycles. The highest BCUT2D eigenvalue weighted by Crippen LogP contribution is 2.25. The van der Waals surface area contributed by atoms with E-state index in [1.54, 1.807) is 19.2 Å². The third kappa shape index (κ3) is 3.23. The molecule has 0 saturated carbocycles. The van der Waals surface area contributed by atoms with E-state index in [1.807, 2.05) is 37.3 Å². The number of methoxy groups -OCH3 is 1. The van der Waals surface area contributed by atoms with E-state index in [1.165, 1.54) is 0 Å². The van der Waals surface area contributed by atoms with Crippen molar-refractivity contribution in [3.63, 3.8) is 0 Å².